The quantitative estimate of drug-likeness (QED) is 0.187. The molecule has 0 aliphatic heterocycles. The first-order chi connectivity index (χ1) is 16.0. The summed E-state index contributed by atoms with van der Waals surface area (Å²) in [5, 5.41) is 0. The van der Waals surface area contributed by atoms with Crippen LogP contribution in [0.15, 0.2) is 12.1 Å². The molecule has 186 valence electrons. The Morgan fingerprint density at radius 1 is 0.818 bits per heavy atom. The summed E-state index contributed by atoms with van der Waals surface area (Å²) in [6, 6.07) is 3.00. The number of ether oxygens (including phenoxy) is 1. The van der Waals surface area contributed by atoms with Gasteiger partial charge in [0.05, 0.1) is 5.92 Å². The maximum atomic E-state index is 14.6. The van der Waals surface area contributed by atoms with Crippen LogP contribution < -0.4 is 4.74 Å². The molecule has 0 spiro atoms. The predicted octanol–water partition coefficient (Wildman–Crippen LogP) is 8.80. The van der Waals surface area contributed by atoms with Gasteiger partial charge in [-0.3, -0.25) is 4.79 Å². The molecule has 2 nitrogen and oxygen atoms in total. The number of aryl methyl sites for hydroxylation is 1. The van der Waals surface area contributed by atoms with Gasteiger partial charge in [-0.15, -0.1) is 0 Å². The Morgan fingerprint density at radius 2 is 1.45 bits per heavy atom. The van der Waals surface area contributed by atoms with Gasteiger partial charge in [-0.1, -0.05) is 71.3 Å². The average Bonchev–Trinajstić information content (AvgIpc) is 2.84. The van der Waals surface area contributed by atoms with Gasteiger partial charge in [0.25, 0.3) is 0 Å². The molecule has 0 heterocycles. The van der Waals surface area contributed by atoms with Crippen LogP contribution >= 0.6 is 0 Å². The number of unbranched alkanes of at least 4 members (excludes halogenated alkanes) is 4. The number of carbonyl (C=O) groups is 1. The summed E-state index contributed by atoms with van der Waals surface area (Å²) in [6.45, 7) is 4.43. The Labute approximate surface area is 199 Å². The van der Waals surface area contributed by atoms with Crippen LogP contribution in [-0.4, -0.2) is 5.97 Å². The lowest BCUT2D eigenvalue weighted by Crippen LogP contribution is -2.30. The van der Waals surface area contributed by atoms with Crippen molar-refractivity contribution in [2.45, 2.75) is 117 Å². The molecule has 0 unspecified atom stereocenters. The molecular weight excluding hydrogens is 418 g/mol. The van der Waals surface area contributed by atoms with E-state index in [0.29, 0.717) is 17.9 Å². The van der Waals surface area contributed by atoms with E-state index in [4.69, 9.17) is 4.74 Å². The molecule has 0 bridgehead atoms. The van der Waals surface area contributed by atoms with Crippen molar-refractivity contribution in [3.8, 4) is 5.75 Å². The second-order valence-corrected chi connectivity index (χ2v) is 10.6. The molecule has 0 atom stereocenters. The summed E-state index contributed by atoms with van der Waals surface area (Å²) >= 11 is 0. The molecule has 1 aromatic carbocycles. The molecule has 0 amide bonds. The van der Waals surface area contributed by atoms with Gasteiger partial charge in [-0.05, 0) is 80.8 Å². The number of benzene rings is 1. The number of esters is 1. The minimum atomic E-state index is -1.02. The van der Waals surface area contributed by atoms with Crippen molar-refractivity contribution in [1.82, 2.24) is 0 Å². The zero-order valence-electron chi connectivity index (χ0n) is 20.9. The predicted molar refractivity (Wildman–Crippen MR) is 130 cm³/mol. The maximum Gasteiger partial charge on any atom is 0.314 e. The Kier molecular flexibility index (Phi) is 10.7. The largest absolute Gasteiger partial charge is 0.423 e. The normalized spacial score (nSPS) is 25.7. The minimum Gasteiger partial charge on any atom is -0.423 e. The van der Waals surface area contributed by atoms with Crippen LogP contribution in [0.3, 0.4) is 0 Å². The van der Waals surface area contributed by atoms with Crippen molar-refractivity contribution in [2.24, 2.45) is 23.7 Å². The summed E-state index contributed by atoms with van der Waals surface area (Å²) in [6.07, 6.45) is 17.6. The summed E-state index contributed by atoms with van der Waals surface area (Å²) in [5.41, 5.74) is 0.373. The lowest BCUT2D eigenvalue weighted by molar-refractivity contribution is -0.140. The summed E-state index contributed by atoms with van der Waals surface area (Å²) in [5.74, 6) is -0.309. The minimum absolute atomic E-state index is 0.196. The number of halogens is 2. The number of rotatable bonds is 11. The number of carbonyl (C=O) groups excluding carboxylic acids is 1. The lowest BCUT2D eigenvalue weighted by Gasteiger charge is -2.37. The molecule has 33 heavy (non-hydrogen) atoms. The summed E-state index contributed by atoms with van der Waals surface area (Å²) < 4.78 is 34.4. The maximum absolute atomic E-state index is 14.6. The van der Waals surface area contributed by atoms with Crippen LogP contribution in [0.5, 0.6) is 5.75 Å². The van der Waals surface area contributed by atoms with Gasteiger partial charge in [0.15, 0.2) is 11.6 Å². The van der Waals surface area contributed by atoms with Crippen molar-refractivity contribution in [2.75, 3.05) is 0 Å². The van der Waals surface area contributed by atoms with Crippen LogP contribution in [0.2, 0.25) is 0 Å². The van der Waals surface area contributed by atoms with E-state index in [1.807, 2.05) is 0 Å². The fourth-order valence-corrected chi connectivity index (χ4v) is 6.14. The second-order valence-electron chi connectivity index (χ2n) is 10.6. The highest BCUT2D eigenvalue weighted by molar-refractivity contribution is 5.75. The van der Waals surface area contributed by atoms with Crippen molar-refractivity contribution in [3.63, 3.8) is 0 Å². The van der Waals surface area contributed by atoms with E-state index in [1.54, 1.807) is 6.07 Å². The molecule has 0 N–H and O–H groups in total. The molecule has 0 saturated heterocycles. The third kappa shape index (κ3) is 7.52. The standard InChI is InChI=1S/C29H44F2O2/c1-3-5-6-7-8-10-24-19-20-26(28(31)27(24)30)33-29(32)25-17-15-23(16-18-25)22-13-11-21(9-4-2)12-14-22/h19-23,25H,3-18H2,1-2H3. The van der Waals surface area contributed by atoms with Gasteiger partial charge in [-0.2, -0.15) is 4.39 Å². The van der Waals surface area contributed by atoms with Gasteiger partial charge in [0.1, 0.15) is 0 Å². The van der Waals surface area contributed by atoms with Gasteiger partial charge in [0.2, 0.25) is 5.82 Å². The zero-order valence-corrected chi connectivity index (χ0v) is 20.9. The van der Waals surface area contributed by atoms with Gasteiger partial charge >= 0.3 is 5.97 Å². The number of hydrogen-bond acceptors (Lipinski definition) is 2. The first kappa shape index (κ1) is 26.2. The molecule has 2 fully saturated rings. The number of hydrogen-bond donors (Lipinski definition) is 0. The van der Waals surface area contributed by atoms with E-state index < -0.39 is 17.6 Å². The average molecular weight is 463 g/mol. The highest BCUT2D eigenvalue weighted by atomic mass is 19.2. The van der Waals surface area contributed by atoms with Crippen LogP contribution in [0, 0.1) is 35.3 Å². The van der Waals surface area contributed by atoms with E-state index in [0.717, 1.165) is 63.2 Å². The van der Waals surface area contributed by atoms with Gasteiger partial charge in [-0.25, -0.2) is 4.39 Å². The SMILES string of the molecule is CCCCCCCc1ccc(OC(=O)C2CCC(C3CCC(CCC)CC3)CC2)c(F)c1F. The molecule has 3 rings (SSSR count). The first-order valence-electron chi connectivity index (χ1n) is 13.7. The van der Waals surface area contributed by atoms with Crippen LogP contribution in [0.25, 0.3) is 0 Å². The third-order valence-electron chi connectivity index (χ3n) is 8.25. The van der Waals surface area contributed by atoms with E-state index in [9.17, 15) is 13.6 Å². The van der Waals surface area contributed by atoms with Gasteiger partial charge in [0, 0.05) is 0 Å². The second kappa shape index (κ2) is 13.4. The smallest absolute Gasteiger partial charge is 0.314 e. The highest BCUT2D eigenvalue weighted by Gasteiger charge is 2.34. The van der Waals surface area contributed by atoms with Crippen molar-refractivity contribution in [1.29, 1.82) is 0 Å². The zero-order chi connectivity index (χ0) is 23.6. The van der Waals surface area contributed by atoms with Crippen LogP contribution in [-0.2, 0) is 11.2 Å². The molecular formula is C29H44F2O2. The van der Waals surface area contributed by atoms with E-state index in [2.05, 4.69) is 13.8 Å². The molecule has 1 aromatic rings. The van der Waals surface area contributed by atoms with Crippen molar-refractivity contribution < 1.29 is 18.3 Å². The summed E-state index contributed by atoms with van der Waals surface area (Å²) in [4.78, 5) is 12.7. The monoisotopic (exact) mass is 462 g/mol. The topological polar surface area (TPSA) is 26.3 Å². The van der Waals surface area contributed by atoms with E-state index in [-0.39, 0.29) is 11.7 Å². The Morgan fingerprint density at radius 3 is 2.09 bits per heavy atom. The van der Waals surface area contributed by atoms with E-state index >= 15 is 0 Å². The fraction of sp³-hybridized carbons (Fsp3) is 0.759. The molecule has 4 heteroatoms. The summed E-state index contributed by atoms with van der Waals surface area (Å²) in [7, 11) is 0. The lowest BCUT2D eigenvalue weighted by atomic mass is 9.69. The van der Waals surface area contributed by atoms with Crippen LogP contribution in [0.4, 0.5) is 8.78 Å². The molecule has 2 aliphatic carbocycles. The Hall–Kier alpha value is -1.45. The van der Waals surface area contributed by atoms with Gasteiger partial charge < -0.3 is 4.74 Å². The molecule has 0 aromatic heterocycles. The third-order valence-corrected chi connectivity index (χ3v) is 8.25. The van der Waals surface area contributed by atoms with Crippen LogP contribution in [0.1, 0.15) is 116 Å². The Balaban J connectivity index is 1.44. The van der Waals surface area contributed by atoms with Crippen molar-refractivity contribution in [3.05, 3.63) is 29.3 Å². The highest BCUT2D eigenvalue weighted by Crippen LogP contribution is 2.42. The Bertz CT molecular complexity index is 731. The molecule has 2 saturated carbocycles. The van der Waals surface area contributed by atoms with E-state index in [1.165, 1.54) is 51.0 Å². The fourth-order valence-electron chi connectivity index (χ4n) is 6.14. The van der Waals surface area contributed by atoms with Crippen molar-refractivity contribution >= 4 is 5.97 Å². The molecule has 0 radical (unpaired) electrons. The first-order valence-corrected chi connectivity index (χ1v) is 13.7. The molecule has 2 aliphatic rings.